The minimum atomic E-state index is -1.04. The zero-order chi connectivity index (χ0) is 24.5. The lowest BCUT2D eigenvalue weighted by Crippen LogP contribution is -2.41. The Labute approximate surface area is 211 Å². The maximum absolute atomic E-state index is 12.8. The van der Waals surface area contributed by atoms with E-state index >= 15 is 0 Å². The van der Waals surface area contributed by atoms with Crippen LogP contribution in [-0.4, -0.2) is 52.3 Å². The third-order valence-corrected chi connectivity index (χ3v) is 7.55. The molecule has 0 radical (unpaired) electrons. The number of nitrogens with one attached hydrogen (secondary N) is 1. The molecule has 2 aliphatic rings. The molecule has 1 fully saturated rings. The maximum Gasteiger partial charge on any atom is 0.411 e. The van der Waals surface area contributed by atoms with Gasteiger partial charge in [0.15, 0.2) is 0 Å². The highest BCUT2D eigenvalue weighted by molar-refractivity contribution is 7.99. The van der Waals surface area contributed by atoms with Crippen LogP contribution in [0, 0.1) is 0 Å². The number of fused-ring (bicyclic) bond motifs is 3. The van der Waals surface area contributed by atoms with E-state index in [1.165, 1.54) is 34.9 Å². The Morgan fingerprint density at radius 1 is 1.03 bits per heavy atom. The average molecular weight is 509 g/mol. The Morgan fingerprint density at radius 2 is 1.69 bits per heavy atom. The molecule has 0 saturated carbocycles. The lowest BCUT2D eigenvalue weighted by Gasteiger charge is -2.21. The van der Waals surface area contributed by atoms with Crippen molar-refractivity contribution in [3.05, 3.63) is 88.4 Å². The number of carboxylic acids is 1. The van der Waals surface area contributed by atoms with Gasteiger partial charge in [0.2, 0.25) is 0 Å². The number of nitrogens with zero attached hydrogens (tertiary/aromatic N) is 1. The first-order valence-corrected chi connectivity index (χ1v) is 12.5. The summed E-state index contributed by atoms with van der Waals surface area (Å²) < 4.78 is 5.55. The Hall–Kier alpha value is -3.49. The quantitative estimate of drug-likeness (QED) is 0.485. The first-order chi connectivity index (χ1) is 16.9. The summed E-state index contributed by atoms with van der Waals surface area (Å²) in [7, 11) is 0. The van der Waals surface area contributed by atoms with Crippen LogP contribution in [-0.2, 0) is 9.53 Å². The molecule has 1 unspecified atom stereocenters. The summed E-state index contributed by atoms with van der Waals surface area (Å²) in [6.07, 6.45) is -0.658. The van der Waals surface area contributed by atoms with Crippen LogP contribution in [0.2, 0.25) is 5.02 Å². The van der Waals surface area contributed by atoms with E-state index in [1.807, 2.05) is 36.4 Å². The fraction of sp³-hybridized carbons (Fsp3) is 0.192. The van der Waals surface area contributed by atoms with E-state index in [2.05, 4.69) is 17.4 Å². The van der Waals surface area contributed by atoms with Gasteiger partial charge < -0.3 is 14.7 Å². The number of anilines is 1. The Kier molecular flexibility index (Phi) is 6.40. The summed E-state index contributed by atoms with van der Waals surface area (Å²) in [6, 6.07) is 19.7. The number of thioether (sulfide) groups is 1. The third kappa shape index (κ3) is 4.47. The van der Waals surface area contributed by atoms with E-state index in [0.717, 1.165) is 22.3 Å². The van der Waals surface area contributed by atoms with Crippen LogP contribution in [0.15, 0.2) is 66.7 Å². The molecule has 2 N–H and O–H groups in total. The highest BCUT2D eigenvalue weighted by Gasteiger charge is 2.35. The van der Waals surface area contributed by atoms with Crippen LogP contribution in [0.4, 0.5) is 10.5 Å². The molecule has 1 heterocycles. The number of carbonyl (C=O) groups is 3. The van der Waals surface area contributed by atoms with Crippen LogP contribution in [0.25, 0.3) is 11.1 Å². The normalized spacial score (nSPS) is 16.5. The molecule has 35 heavy (non-hydrogen) atoms. The number of ether oxygens (including phenoxy) is 1. The van der Waals surface area contributed by atoms with Crippen LogP contribution in [0.3, 0.4) is 0 Å². The number of carboxylic acid groups (broad SMARTS) is 1. The number of hydrogen-bond donors (Lipinski definition) is 2. The summed E-state index contributed by atoms with van der Waals surface area (Å²) in [4.78, 5) is 38.0. The molecule has 3 aromatic carbocycles. The van der Waals surface area contributed by atoms with Gasteiger partial charge in [0.25, 0.3) is 5.91 Å². The van der Waals surface area contributed by atoms with Crippen molar-refractivity contribution in [2.24, 2.45) is 0 Å². The van der Waals surface area contributed by atoms with Crippen molar-refractivity contribution in [2.45, 2.75) is 12.0 Å². The highest BCUT2D eigenvalue weighted by Crippen LogP contribution is 2.44. The molecule has 0 spiro atoms. The molecule has 178 valence electrons. The molecule has 1 aliphatic heterocycles. The third-order valence-electron chi connectivity index (χ3n) is 6.22. The minimum Gasteiger partial charge on any atom is -0.480 e. The van der Waals surface area contributed by atoms with Crippen LogP contribution >= 0.6 is 23.4 Å². The number of amides is 2. The van der Waals surface area contributed by atoms with E-state index in [9.17, 15) is 19.5 Å². The first kappa shape index (κ1) is 23.3. The summed E-state index contributed by atoms with van der Waals surface area (Å²) in [5.41, 5.74) is 5.06. The van der Waals surface area contributed by atoms with Crippen molar-refractivity contribution in [2.75, 3.05) is 23.6 Å². The summed E-state index contributed by atoms with van der Waals surface area (Å²) in [6.45, 7) is 0.164. The minimum absolute atomic E-state index is 0.0656. The first-order valence-electron chi connectivity index (χ1n) is 11.0. The summed E-state index contributed by atoms with van der Waals surface area (Å²) in [5.74, 6) is -0.882. The zero-order valence-electron chi connectivity index (χ0n) is 18.4. The molecule has 5 rings (SSSR count). The fourth-order valence-corrected chi connectivity index (χ4v) is 5.88. The van der Waals surface area contributed by atoms with Gasteiger partial charge in [-0.25, -0.2) is 9.59 Å². The largest absolute Gasteiger partial charge is 0.480 e. The SMILES string of the molecule is O=C(Nc1ccc(C(=O)N2CSCC2C(=O)O)cc1Cl)OCC1c2ccccc2-c2ccccc21. The smallest absolute Gasteiger partial charge is 0.411 e. The maximum atomic E-state index is 12.8. The van der Waals surface area contributed by atoms with Gasteiger partial charge in [0.05, 0.1) is 16.6 Å². The number of halogens is 1. The predicted octanol–water partition coefficient (Wildman–Crippen LogP) is 5.30. The molecular formula is C26H21ClN2O5S. The summed E-state index contributed by atoms with van der Waals surface area (Å²) >= 11 is 7.70. The van der Waals surface area contributed by atoms with E-state index in [0.29, 0.717) is 17.3 Å². The molecule has 1 saturated heterocycles. The second kappa shape index (κ2) is 9.64. The lowest BCUT2D eigenvalue weighted by molar-refractivity contribution is -0.140. The van der Waals surface area contributed by atoms with Crippen molar-refractivity contribution in [3.8, 4) is 11.1 Å². The van der Waals surface area contributed by atoms with E-state index in [4.69, 9.17) is 16.3 Å². The molecule has 9 heteroatoms. The Morgan fingerprint density at radius 3 is 2.31 bits per heavy atom. The Bertz CT molecular complexity index is 1290. The van der Waals surface area contributed by atoms with Gasteiger partial charge in [-0.15, -0.1) is 11.8 Å². The zero-order valence-corrected chi connectivity index (χ0v) is 20.0. The van der Waals surface area contributed by atoms with E-state index < -0.39 is 24.0 Å². The van der Waals surface area contributed by atoms with Gasteiger partial charge in [-0.2, -0.15) is 0 Å². The monoisotopic (exact) mass is 508 g/mol. The number of rotatable bonds is 5. The number of aliphatic carboxylic acids is 1. The molecule has 1 aliphatic carbocycles. The van der Waals surface area contributed by atoms with Gasteiger partial charge in [0, 0.05) is 17.2 Å². The summed E-state index contributed by atoms with van der Waals surface area (Å²) in [5, 5.41) is 12.1. The van der Waals surface area contributed by atoms with Crippen molar-refractivity contribution in [1.82, 2.24) is 4.90 Å². The lowest BCUT2D eigenvalue weighted by atomic mass is 9.98. The van der Waals surface area contributed by atoms with Crippen LogP contribution in [0.1, 0.15) is 27.4 Å². The van der Waals surface area contributed by atoms with Gasteiger partial charge in [-0.05, 0) is 40.5 Å². The standard InChI is InChI=1S/C26H21ClN2O5S/c27-21-11-15(24(30)29-14-35-13-23(29)25(31)32)9-10-22(21)28-26(33)34-12-20-18-7-3-1-5-16(18)17-6-2-4-8-19(17)20/h1-11,20,23H,12-14H2,(H,28,33)(H,31,32). The second-order valence-corrected chi connectivity index (χ2v) is 9.68. The van der Waals surface area contributed by atoms with Gasteiger partial charge >= 0.3 is 12.1 Å². The fourth-order valence-electron chi connectivity index (χ4n) is 4.51. The highest BCUT2D eigenvalue weighted by atomic mass is 35.5. The van der Waals surface area contributed by atoms with Gasteiger partial charge in [0.1, 0.15) is 12.6 Å². The molecule has 2 amide bonds. The van der Waals surface area contributed by atoms with Gasteiger partial charge in [-0.3, -0.25) is 10.1 Å². The molecule has 7 nitrogen and oxygen atoms in total. The molecule has 1 atom stereocenters. The van der Waals surface area contributed by atoms with Crippen molar-refractivity contribution in [3.63, 3.8) is 0 Å². The second-order valence-electron chi connectivity index (χ2n) is 8.27. The van der Waals surface area contributed by atoms with Gasteiger partial charge in [-0.1, -0.05) is 60.1 Å². The molecule has 0 aromatic heterocycles. The molecule has 3 aromatic rings. The topological polar surface area (TPSA) is 95.9 Å². The van der Waals surface area contributed by atoms with Crippen molar-refractivity contribution < 1.29 is 24.2 Å². The van der Waals surface area contributed by atoms with E-state index in [-0.39, 0.29) is 23.1 Å². The number of hydrogen-bond acceptors (Lipinski definition) is 5. The Balaban J connectivity index is 1.25. The number of benzene rings is 3. The van der Waals surface area contributed by atoms with E-state index in [1.54, 1.807) is 0 Å². The average Bonchev–Trinajstić information content (AvgIpc) is 3.47. The molecular weight excluding hydrogens is 488 g/mol. The number of carbonyl (C=O) groups excluding carboxylic acids is 2. The van der Waals surface area contributed by atoms with Crippen molar-refractivity contribution in [1.29, 1.82) is 0 Å². The van der Waals surface area contributed by atoms with Crippen LogP contribution in [0.5, 0.6) is 0 Å². The molecule has 0 bridgehead atoms. The van der Waals surface area contributed by atoms with Crippen LogP contribution < -0.4 is 5.32 Å². The predicted molar refractivity (Wildman–Crippen MR) is 135 cm³/mol. The van der Waals surface area contributed by atoms with Crippen molar-refractivity contribution >= 4 is 47.0 Å².